The van der Waals surface area contributed by atoms with Crippen LogP contribution < -0.4 is 5.32 Å². The normalized spacial score (nSPS) is 11.1. The molecule has 0 saturated heterocycles. The van der Waals surface area contributed by atoms with Crippen molar-refractivity contribution in [2.45, 2.75) is 6.54 Å². The summed E-state index contributed by atoms with van der Waals surface area (Å²) in [6.07, 6.45) is 3.89. The smallest absolute Gasteiger partial charge is 0.185 e. The molecule has 0 spiro atoms. The standard InChI is InChI=1S/C16H14BrN5/c17-14-6-8-15(9-7-14)22-16(19-20-21-22)10-11-18-12-13-4-2-1-3-5-13/h1-11,18H,12H2/p+1/b11-10+. The van der Waals surface area contributed by atoms with E-state index >= 15 is 0 Å². The van der Waals surface area contributed by atoms with Crippen molar-refractivity contribution >= 4 is 22.0 Å². The monoisotopic (exact) mass is 356 g/mol. The molecule has 2 aromatic carbocycles. The number of hydrogen-bond donors (Lipinski definition) is 1. The van der Waals surface area contributed by atoms with Gasteiger partial charge in [-0.15, -0.1) is 5.10 Å². The molecule has 0 fully saturated rings. The Morgan fingerprint density at radius 2 is 1.82 bits per heavy atom. The average Bonchev–Trinajstić information content (AvgIpc) is 3.02. The summed E-state index contributed by atoms with van der Waals surface area (Å²) in [5, 5.41) is 13.9. The molecule has 0 aliphatic heterocycles. The second-order valence-corrected chi connectivity index (χ2v) is 5.63. The summed E-state index contributed by atoms with van der Waals surface area (Å²) in [6.45, 7) is 0.886. The highest BCUT2D eigenvalue weighted by Gasteiger charge is 2.05. The Bertz CT molecular complexity index is 750. The fraction of sp³-hybridized carbons (Fsp3) is 0.0625. The highest BCUT2D eigenvalue weighted by molar-refractivity contribution is 9.10. The van der Waals surface area contributed by atoms with E-state index in [0.717, 1.165) is 16.7 Å². The predicted octanol–water partition coefficient (Wildman–Crippen LogP) is 2.16. The van der Waals surface area contributed by atoms with Crippen molar-refractivity contribution in [2.24, 2.45) is 0 Å². The third kappa shape index (κ3) is 3.66. The largest absolute Gasteiger partial charge is 0.316 e. The molecular weight excluding hydrogens is 342 g/mol. The second kappa shape index (κ2) is 7.11. The lowest BCUT2D eigenvalue weighted by molar-refractivity contribution is -0.603. The first-order valence-corrected chi connectivity index (χ1v) is 7.70. The summed E-state index contributed by atoms with van der Waals surface area (Å²) in [4.78, 5) is 0. The zero-order valence-corrected chi connectivity index (χ0v) is 13.4. The molecular formula is C16H15BrN5+. The lowest BCUT2D eigenvalue weighted by Gasteiger charge is -2.01. The summed E-state index contributed by atoms with van der Waals surface area (Å²) >= 11 is 3.42. The van der Waals surface area contributed by atoms with E-state index in [4.69, 9.17) is 0 Å². The molecule has 0 aliphatic carbocycles. The topological polar surface area (TPSA) is 60.2 Å². The maximum atomic E-state index is 4.04. The molecule has 0 amide bonds. The van der Waals surface area contributed by atoms with Gasteiger partial charge in [0, 0.05) is 16.1 Å². The van der Waals surface area contributed by atoms with Crippen LogP contribution in [0.4, 0.5) is 0 Å². The molecule has 22 heavy (non-hydrogen) atoms. The fourth-order valence-electron chi connectivity index (χ4n) is 2.04. The first kappa shape index (κ1) is 14.6. The van der Waals surface area contributed by atoms with Gasteiger partial charge in [-0.25, -0.2) is 0 Å². The van der Waals surface area contributed by atoms with Gasteiger partial charge in [0.2, 0.25) is 0 Å². The summed E-state index contributed by atoms with van der Waals surface area (Å²) in [5.74, 6) is 0.701. The van der Waals surface area contributed by atoms with Crippen LogP contribution in [0.3, 0.4) is 0 Å². The first-order valence-electron chi connectivity index (χ1n) is 6.91. The van der Waals surface area contributed by atoms with Crippen LogP contribution in [0.5, 0.6) is 0 Å². The minimum absolute atomic E-state index is 0.701. The van der Waals surface area contributed by atoms with E-state index in [-0.39, 0.29) is 0 Å². The molecule has 0 atom stereocenters. The number of nitrogens with zero attached hydrogens (tertiary/aromatic N) is 4. The predicted molar refractivity (Wildman–Crippen MR) is 88.0 cm³/mol. The number of tetrazole rings is 1. The number of halogens is 1. The number of rotatable bonds is 5. The molecule has 1 heterocycles. The fourth-order valence-corrected chi connectivity index (χ4v) is 2.30. The Labute approximate surface area is 136 Å². The van der Waals surface area contributed by atoms with Crippen LogP contribution >= 0.6 is 15.9 Å². The maximum Gasteiger partial charge on any atom is 0.185 e. The second-order valence-electron chi connectivity index (χ2n) is 4.71. The summed E-state index contributed by atoms with van der Waals surface area (Å²) in [7, 11) is 0. The van der Waals surface area contributed by atoms with Crippen molar-refractivity contribution in [3.05, 3.63) is 76.7 Å². The number of hydrogen-bond acceptors (Lipinski definition) is 3. The Morgan fingerprint density at radius 3 is 2.59 bits per heavy atom. The molecule has 0 bridgehead atoms. The van der Waals surface area contributed by atoms with E-state index in [2.05, 4.69) is 48.9 Å². The molecule has 3 rings (SSSR count). The van der Waals surface area contributed by atoms with Crippen molar-refractivity contribution in [3.63, 3.8) is 0 Å². The van der Waals surface area contributed by atoms with Gasteiger partial charge in [0.25, 0.3) is 0 Å². The molecule has 110 valence electrons. The first-order chi connectivity index (χ1) is 10.8. The maximum absolute atomic E-state index is 4.04. The van der Waals surface area contributed by atoms with E-state index < -0.39 is 0 Å². The van der Waals surface area contributed by atoms with Gasteiger partial charge in [-0.05, 0) is 34.7 Å². The zero-order valence-electron chi connectivity index (χ0n) is 11.8. The molecule has 2 N–H and O–H groups in total. The molecule has 0 radical (unpaired) electrons. The van der Waals surface area contributed by atoms with Crippen molar-refractivity contribution in [2.75, 3.05) is 0 Å². The highest BCUT2D eigenvalue weighted by Crippen LogP contribution is 2.14. The van der Waals surface area contributed by atoms with Crippen molar-refractivity contribution in [1.29, 1.82) is 0 Å². The number of nitrogens with two attached hydrogens (primary N) is 1. The minimum Gasteiger partial charge on any atom is -0.316 e. The van der Waals surface area contributed by atoms with Crippen molar-refractivity contribution < 1.29 is 5.32 Å². The van der Waals surface area contributed by atoms with Crippen molar-refractivity contribution in [1.82, 2.24) is 20.2 Å². The van der Waals surface area contributed by atoms with E-state index in [0.29, 0.717) is 5.82 Å². The molecule has 3 aromatic rings. The van der Waals surface area contributed by atoms with E-state index in [1.807, 2.05) is 54.7 Å². The Balaban J connectivity index is 1.67. The molecule has 1 aromatic heterocycles. The Morgan fingerprint density at radius 1 is 1.05 bits per heavy atom. The third-order valence-electron chi connectivity index (χ3n) is 3.14. The van der Waals surface area contributed by atoms with Gasteiger partial charge in [0.15, 0.2) is 5.82 Å². The van der Waals surface area contributed by atoms with E-state index in [1.165, 1.54) is 5.56 Å². The quantitative estimate of drug-likeness (QED) is 0.761. The highest BCUT2D eigenvalue weighted by atomic mass is 79.9. The summed E-state index contributed by atoms with van der Waals surface area (Å²) in [5.41, 5.74) is 2.20. The Kier molecular flexibility index (Phi) is 4.72. The van der Waals surface area contributed by atoms with Gasteiger partial charge in [-0.3, -0.25) is 0 Å². The van der Waals surface area contributed by atoms with Crippen LogP contribution in [-0.2, 0) is 6.54 Å². The van der Waals surface area contributed by atoms with E-state index in [1.54, 1.807) is 4.68 Å². The number of quaternary nitrogens is 1. The van der Waals surface area contributed by atoms with Crippen LogP contribution in [0.1, 0.15) is 11.4 Å². The van der Waals surface area contributed by atoms with Gasteiger partial charge in [0.05, 0.1) is 11.9 Å². The lowest BCUT2D eigenvalue weighted by atomic mass is 10.2. The number of benzene rings is 2. The molecule has 0 saturated carbocycles. The van der Waals surface area contributed by atoms with Gasteiger partial charge >= 0.3 is 0 Å². The minimum atomic E-state index is 0.701. The summed E-state index contributed by atoms with van der Waals surface area (Å²) in [6, 6.07) is 18.2. The van der Waals surface area contributed by atoms with Crippen LogP contribution in [0.25, 0.3) is 11.8 Å². The van der Waals surface area contributed by atoms with Crippen LogP contribution in [0.15, 0.2) is 65.3 Å². The number of aromatic nitrogens is 4. The molecule has 5 nitrogen and oxygen atoms in total. The van der Waals surface area contributed by atoms with Crippen LogP contribution in [-0.4, -0.2) is 20.2 Å². The summed E-state index contributed by atoms with van der Waals surface area (Å²) < 4.78 is 2.73. The van der Waals surface area contributed by atoms with Crippen molar-refractivity contribution in [3.8, 4) is 5.69 Å². The van der Waals surface area contributed by atoms with Gasteiger partial charge in [-0.1, -0.05) is 46.3 Å². The zero-order chi connectivity index (χ0) is 15.2. The van der Waals surface area contributed by atoms with E-state index in [9.17, 15) is 0 Å². The Hall–Kier alpha value is -2.31. The molecule has 0 unspecified atom stereocenters. The molecule has 0 aliphatic rings. The third-order valence-corrected chi connectivity index (χ3v) is 3.67. The van der Waals surface area contributed by atoms with Gasteiger partial charge in [0.1, 0.15) is 6.54 Å². The van der Waals surface area contributed by atoms with Gasteiger partial charge in [-0.2, -0.15) is 4.68 Å². The van der Waals surface area contributed by atoms with Crippen LogP contribution in [0, 0.1) is 0 Å². The van der Waals surface area contributed by atoms with Crippen LogP contribution in [0.2, 0.25) is 0 Å². The van der Waals surface area contributed by atoms with Gasteiger partial charge < -0.3 is 5.32 Å². The SMILES string of the molecule is Brc1ccc(-n2nnnc2/C=C/[NH2+]Cc2ccccc2)cc1. The average molecular weight is 357 g/mol. The molecule has 6 heteroatoms. The lowest BCUT2D eigenvalue weighted by Crippen LogP contribution is -2.76.